The van der Waals surface area contributed by atoms with Gasteiger partial charge in [0, 0.05) is 11.8 Å². The number of rotatable bonds is 4. The lowest BCUT2D eigenvalue weighted by atomic mass is 9.84. The molecule has 1 aliphatic heterocycles. The molecule has 2 heterocycles. The van der Waals surface area contributed by atoms with Gasteiger partial charge in [-0.2, -0.15) is 5.26 Å². The van der Waals surface area contributed by atoms with Gasteiger partial charge in [0.05, 0.1) is 23.7 Å². The lowest BCUT2D eigenvalue weighted by molar-refractivity contribution is 0.296. The summed E-state index contributed by atoms with van der Waals surface area (Å²) in [4.78, 5) is 13.6. The Balaban J connectivity index is 1.89. The summed E-state index contributed by atoms with van der Waals surface area (Å²) in [7, 11) is 0. The molecular formula is C23H19N4O4-. The average Bonchev–Trinajstić information content (AvgIpc) is 2.76. The van der Waals surface area contributed by atoms with Crippen LogP contribution in [0.25, 0.3) is 0 Å². The molecule has 8 nitrogen and oxygen atoms in total. The monoisotopic (exact) mass is 415 g/mol. The molecule has 0 radical (unpaired) electrons. The van der Waals surface area contributed by atoms with Gasteiger partial charge in [-0.15, -0.1) is 0 Å². The van der Waals surface area contributed by atoms with E-state index in [2.05, 4.69) is 6.07 Å². The maximum atomic E-state index is 13.6. The second-order valence-corrected chi connectivity index (χ2v) is 7.23. The van der Waals surface area contributed by atoms with Gasteiger partial charge in [0.2, 0.25) is 5.88 Å². The highest BCUT2D eigenvalue weighted by Gasteiger charge is 2.34. The van der Waals surface area contributed by atoms with E-state index in [-0.39, 0.29) is 27.9 Å². The number of nitrogens with two attached hydrogens (primary N) is 1. The molecule has 1 aromatic heterocycles. The average molecular weight is 415 g/mol. The molecule has 0 bridgehead atoms. The number of pyridine rings is 1. The van der Waals surface area contributed by atoms with Gasteiger partial charge < -0.3 is 25.5 Å². The summed E-state index contributed by atoms with van der Waals surface area (Å²) in [6.07, 6.45) is 0. The first-order chi connectivity index (χ1) is 14.9. The first-order valence-corrected chi connectivity index (χ1v) is 9.52. The summed E-state index contributed by atoms with van der Waals surface area (Å²) >= 11 is 0. The predicted molar refractivity (Wildman–Crippen MR) is 114 cm³/mol. The van der Waals surface area contributed by atoms with Crippen molar-refractivity contribution < 1.29 is 9.94 Å². The van der Waals surface area contributed by atoms with Gasteiger partial charge in [-0.25, -0.2) is 0 Å². The van der Waals surface area contributed by atoms with Crippen molar-refractivity contribution in [1.82, 2.24) is 4.57 Å². The molecule has 156 valence electrons. The Morgan fingerprint density at radius 1 is 1.23 bits per heavy atom. The summed E-state index contributed by atoms with van der Waals surface area (Å²) in [5, 5.41) is 29.7. The number of fused-ring (bicyclic) bond motifs is 1. The summed E-state index contributed by atoms with van der Waals surface area (Å²) in [6.45, 7) is 2.17. The number of nitrogens with zero attached hydrogens (tertiary/aromatic N) is 3. The molecule has 31 heavy (non-hydrogen) atoms. The quantitative estimate of drug-likeness (QED) is 0.627. The van der Waals surface area contributed by atoms with E-state index >= 15 is 0 Å². The van der Waals surface area contributed by atoms with Gasteiger partial charge in [-0.05, 0) is 30.2 Å². The highest BCUT2D eigenvalue weighted by molar-refractivity contribution is 5.57. The van der Waals surface area contributed by atoms with Crippen LogP contribution in [0, 0.1) is 23.5 Å². The fourth-order valence-electron chi connectivity index (χ4n) is 3.78. The third kappa shape index (κ3) is 3.64. The molecule has 0 saturated carbocycles. The molecule has 1 atom stereocenters. The van der Waals surface area contributed by atoms with Gasteiger partial charge in [0.15, 0.2) is 0 Å². The summed E-state index contributed by atoms with van der Waals surface area (Å²) in [6, 6.07) is 19.3. The van der Waals surface area contributed by atoms with Crippen molar-refractivity contribution in [2.24, 2.45) is 5.73 Å². The van der Waals surface area contributed by atoms with Crippen LogP contribution in [0.3, 0.4) is 0 Å². The Labute approximate surface area is 178 Å². The van der Waals surface area contributed by atoms with Gasteiger partial charge in [0.25, 0.3) is 5.56 Å². The van der Waals surface area contributed by atoms with Crippen LogP contribution >= 0.6 is 0 Å². The molecule has 0 fully saturated rings. The molecule has 2 aromatic carbocycles. The third-order valence-corrected chi connectivity index (χ3v) is 5.32. The molecule has 1 aliphatic rings. The van der Waals surface area contributed by atoms with E-state index in [1.807, 2.05) is 37.3 Å². The van der Waals surface area contributed by atoms with Crippen LogP contribution in [-0.2, 0) is 6.54 Å². The van der Waals surface area contributed by atoms with Crippen molar-refractivity contribution in [1.29, 1.82) is 5.26 Å². The fraction of sp³-hybridized carbons (Fsp3) is 0.130. The largest absolute Gasteiger partial charge is 0.733 e. The molecular weight excluding hydrogens is 396 g/mol. The van der Waals surface area contributed by atoms with E-state index in [0.717, 1.165) is 5.56 Å². The molecule has 0 spiro atoms. The predicted octanol–water partition coefficient (Wildman–Crippen LogP) is 3.12. The first kappa shape index (κ1) is 20.2. The number of aryl methyl sites for hydroxylation is 1. The van der Waals surface area contributed by atoms with Gasteiger partial charge in [-0.1, -0.05) is 42.5 Å². The zero-order valence-electron chi connectivity index (χ0n) is 16.6. The molecule has 0 unspecified atom stereocenters. The number of allylic oxidation sites excluding steroid dienone is 1. The lowest BCUT2D eigenvalue weighted by Gasteiger charge is -2.28. The topological polar surface area (TPSA) is 128 Å². The zero-order valence-corrected chi connectivity index (χ0v) is 16.6. The first-order valence-electron chi connectivity index (χ1n) is 9.52. The minimum atomic E-state index is -0.767. The fourth-order valence-corrected chi connectivity index (χ4v) is 3.78. The second kappa shape index (κ2) is 7.99. The number of ether oxygens (including phenoxy) is 1. The van der Waals surface area contributed by atoms with E-state index in [9.17, 15) is 15.3 Å². The second-order valence-electron chi connectivity index (χ2n) is 7.23. The smallest absolute Gasteiger partial charge is 0.259 e. The highest BCUT2D eigenvalue weighted by Crippen LogP contribution is 2.40. The minimum absolute atomic E-state index is 0.0249. The molecule has 3 aromatic rings. The maximum absolute atomic E-state index is 13.6. The lowest BCUT2D eigenvalue weighted by Crippen LogP contribution is -2.33. The van der Waals surface area contributed by atoms with Crippen molar-refractivity contribution in [3.05, 3.63) is 110 Å². The standard InChI is InChI=1S/C23H19N4O4/c1-14-11-19-21(23(28)26(14)13-15-5-3-2-4-6-15)20(18(12-24)22(25)31-19)16-7-9-17(10-8-16)27(29)30/h2-11,20,29H,13,25H2,1H3/q-1/t20-/m0/s1. The Morgan fingerprint density at radius 2 is 1.90 bits per heavy atom. The van der Waals surface area contributed by atoms with E-state index in [1.165, 1.54) is 12.1 Å². The number of benzene rings is 2. The molecule has 8 heteroatoms. The minimum Gasteiger partial charge on any atom is -0.733 e. The number of hydrogen-bond donors (Lipinski definition) is 2. The van der Waals surface area contributed by atoms with E-state index in [4.69, 9.17) is 15.7 Å². The zero-order chi connectivity index (χ0) is 22.1. The van der Waals surface area contributed by atoms with Gasteiger partial charge in [0.1, 0.15) is 17.4 Å². The summed E-state index contributed by atoms with van der Waals surface area (Å²) < 4.78 is 7.27. The van der Waals surface area contributed by atoms with Crippen molar-refractivity contribution in [2.45, 2.75) is 19.4 Å². The third-order valence-electron chi connectivity index (χ3n) is 5.32. The van der Waals surface area contributed by atoms with Crippen molar-refractivity contribution in [3.8, 4) is 11.8 Å². The SMILES string of the molecule is Cc1cc2c(c(=O)n1Cc1ccccc1)[C@@H](c1ccc(N([O-])O)cc1)C(C#N)=C(N)O2. The van der Waals surface area contributed by atoms with Crippen molar-refractivity contribution >= 4 is 5.69 Å². The van der Waals surface area contributed by atoms with Crippen LogP contribution in [0.4, 0.5) is 5.69 Å². The van der Waals surface area contributed by atoms with Crippen molar-refractivity contribution in [3.63, 3.8) is 0 Å². The van der Waals surface area contributed by atoms with Crippen LogP contribution in [0.1, 0.15) is 28.3 Å². The van der Waals surface area contributed by atoms with Crippen LogP contribution < -0.4 is 21.3 Å². The number of nitriles is 1. The Bertz CT molecular complexity index is 1260. The summed E-state index contributed by atoms with van der Waals surface area (Å²) in [5.74, 6) is -0.544. The van der Waals surface area contributed by atoms with E-state index < -0.39 is 5.92 Å². The summed E-state index contributed by atoms with van der Waals surface area (Å²) in [5.41, 5.74) is 8.36. The van der Waals surface area contributed by atoms with Crippen molar-refractivity contribution in [2.75, 3.05) is 5.23 Å². The molecule has 0 saturated heterocycles. The van der Waals surface area contributed by atoms with Gasteiger partial charge >= 0.3 is 0 Å². The Kier molecular flexibility index (Phi) is 5.21. The normalized spacial score (nSPS) is 15.1. The van der Waals surface area contributed by atoms with Gasteiger partial charge in [-0.3, -0.25) is 10.0 Å². The highest BCUT2D eigenvalue weighted by atomic mass is 16.8. The maximum Gasteiger partial charge on any atom is 0.259 e. The van der Waals surface area contributed by atoms with Crippen LogP contribution in [0.15, 0.2) is 76.9 Å². The van der Waals surface area contributed by atoms with Crippen LogP contribution in [-0.4, -0.2) is 9.77 Å². The number of hydrogen-bond acceptors (Lipinski definition) is 7. The number of aromatic nitrogens is 1. The molecule has 3 N–H and O–H groups in total. The van der Waals surface area contributed by atoms with E-state index in [0.29, 0.717) is 29.1 Å². The number of anilines is 1. The Morgan fingerprint density at radius 3 is 2.52 bits per heavy atom. The van der Waals surface area contributed by atoms with Crippen LogP contribution in [0.2, 0.25) is 0 Å². The Hall–Kier alpha value is -4.06. The molecule has 0 aliphatic carbocycles. The van der Waals surface area contributed by atoms with Crippen LogP contribution in [0.5, 0.6) is 5.75 Å². The molecule has 0 amide bonds. The molecule has 4 rings (SSSR count). The van der Waals surface area contributed by atoms with E-state index in [1.54, 1.807) is 22.8 Å².